The summed E-state index contributed by atoms with van der Waals surface area (Å²) in [6, 6.07) is 6.70. The average molecular weight is 294 g/mol. The van der Waals surface area contributed by atoms with Crippen LogP contribution >= 0.6 is 0 Å². The normalized spacial score (nSPS) is 23.0. The zero-order valence-electron chi connectivity index (χ0n) is 11.9. The number of carbonyl (C=O) groups is 1. The van der Waals surface area contributed by atoms with Gasteiger partial charge in [0.05, 0.1) is 18.8 Å². The largest absolute Gasteiger partial charge is 0.494 e. The zero-order valence-corrected chi connectivity index (χ0v) is 11.9. The average Bonchev–Trinajstić information content (AvgIpc) is 2.43. The van der Waals surface area contributed by atoms with Crippen LogP contribution in [-0.4, -0.2) is 59.5 Å². The molecule has 1 aromatic rings. The summed E-state index contributed by atoms with van der Waals surface area (Å²) in [5, 5.41) is 19.2. The first-order chi connectivity index (χ1) is 10.0. The lowest BCUT2D eigenvalue weighted by atomic mass is 10.1. The summed E-state index contributed by atoms with van der Waals surface area (Å²) in [5.74, 6) is 0.238. The van der Waals surface area contributed by atoms with Crippen LogP contribution in [0, 0.1) is 0 Å². The van der Waals surface area contributed by atoms with Crippen molar-refractivity contribution < 1.29 is 19.7 Å². The molecule has 2 atom stereocenters. The third kappa shape index (κ3) is 5.00. The van der Waals surface area contributed by atoms with Crippen LogP contribution in [-0.2, 0) is 0 Å². The summed E-state index contributed by atoms with van der Waals surface area (Å²) in [5.41, 5.74) is 5.62. The van der Waals surface area contributed by atoms with Crippen LogP contribution in [0.4, 0.5) is 0 Å². The molecule has 2 rings (SSSR count). The number of β-amino-alcohol motifs (C(OH)–C–C–N with tert-alkyl or cyclic N) is 2. The van der Waals surface area contributed by atoms with Crippen molar-refractivity contribution in [2.45, 2.75) is 25.0 Å². The van der Waals surface area contributed by atoms with Gasteiger partial charge in [-0.25, -0.2) is 0 Å². The van der Waals surface area contributed by atoms with Crippen LogP contribution in [0.2, 0.25) is 0 Å². The Morgan fingerprint density at radius 2 is 1.86 bits per heavy atom. The van der Waals surface area contributed by atoms with Crippen LogP contribution in [0.1, 0.15) is 23.2 Å². The van der Waals surface area contributed by atoms with Gasteiger partial charge in [-0.2, -0.15) is 0 Å². The molecule has 4 N–H and O–H groups in total. The van der Waals surface area contributed by atoms with Gasteiger partial charge in [0.25, 0.3) is 0 Å². The smallest absolute Gasteiger partial charge is 0.248 e. The van der Waals surface area contributed by atoms with Gasteiger partial charge in [-0.3, -0.25) is 9.69 Å². The molecule has 0 aliphatic carbocycles. The highest BCUT2D eigenvalue weighted by Gasteiger charge is 2.23. The van der Waals surface area contributed by atoms with Gasteiger partial charge in [0.2, 0.25) is 5.91 Å². The van der Waals surface area contributed by atoms with Crippen molar-refractivity contribution >= 4 is 5.91 Å². The number of carbonyl (C=O) groups excluding carboxylic acids is 1. The number of aliphatic hydroxyl groups excluding tert-OH is 2. The van der Waals surface area contributed by atoms with Gasteiger partial charge in [0.15, 0.2) is 0 Å². The molecule has 0 spiro atoms. The zero-order chi connectivity index (χ0) is 15.2. The number of primary amides is 1. The Kier molecular flexibility index (Phi) is 5.55. The van der Waals surface area contributed by atoms with Crippen molar-refractivity contribution in [2.24, 2.45) is 5.73 Å². The van der Waals surface area contributed by atoms with Gasteiger partial charge in [-0.05, 0) is 30.7 Å². The van der Waals surface area contributed by atoms with Crippen molar-refractivity contribution in [3.8, 4) is 5.75 Å². The Hall–Kier alpha value is -1.63. The number of benzene rings is 1. The van der Waals surface area contributed by atoms with E-state index < -0.39 is 18.1 Å². The second kappa shape index (κ2) is 7.40. The number of aliphatic hydroxyl groups is 2. The molecule has 21 heavy (non-hydrogen) atoms. The van der Waals surface area contributed by atoms with Crippen LogP contribution < -0.4 is 10.5 Å². The SMILES string of the molecule is NC(=O)c1ccc(OCCCN2C[C@H](O)C[C@@H](O)C2)cc1. The lowest BCUT2D eigenvalue weighted by Gasteiger charge is -2.33. The Balaban J connectivity index is 1.68. The van der Waals surface area contributed by atoms with E-state index in [4.69, 9.17) is 10.5 Å². The highest BCUT2D eigenvalue weighted by molar-refractivity contribution is 5.92. The summed E-state index contributed by atoms with van der Waals surface area (Å²) in [6.45, 7) is 2.51. The van der Waals surface area contributed by atoms with Crippen molar-refractivity contribution in [3.05, 3.63) is 29.8 Å². The maximum Gasteiger partial charge on any atom is 0.248 e. The van der Waals surface area contributed by atoms with Crippen LogP contribution in [0.5, 0.6) is 5.75 Å². The van der Waals surface area contributed by atoms with Crippen LogP contribution in [0.15, 0.2) is 24.3 Å². The fourth-order valence-corrected chi connectivity index (χ4v) is 2.51. The van der Waals surface area contributed by atoms with Gasteiger partial charge >= 0.3 is 0 Å². The van der Waals surface area contributed by atoms with Gasteiger partial charge in [0.1, 0.15) is 5.75 Å². The number of hydrogen-bond acceptors (Lipinski definition) is 5. The number of piperidine rings is 1. The number of rotatable bonds is 6. The molecule has 6 heteroatoms. The predicted octanol–water partition coefficient (Wildman–Crippen LogP) is -0.0181. The first-order valence-electron chi connectivity index (χ1n) is 7.16. The molecule has 1 fully saturated rings. The minimum absolute atomic E-state index is 0.448. The van der Waals surface area contributed by atoms with E-state index in [0.717, 1.165) is 13.0 Å². The van der Waals surface area contributed by atoms with Gasteiger partial charge in [0, 0.05) is 31.6 Å². The summed E-state index contributed by atoms with van der Waals surface area (Å²) >= 11 is 0. The Morgan fingerprint density at radius 3 is 2.43 bits per heavy atom. The highest BCUT2D eigenvalue weighted by atomic mass is 16.5. The molecule has 0 bridgehead atoms. The van der Waals surface area contributed by atoms with Crippen molar-refractivity contribution in [1.82, 2.24) is 4.90 Å². The summed E-state index contributed by atoms with van der Waals surface area (Å²) < 4.78 is 5.58. The lowest BCUT2D eigenvalue weighted by Crippen LogP contribution is -2.46. The van der Waals surface area contributed by atoms with Crippen LogP contribution in [0.25, 0.3) is 0 Å². The summed E-state index contributed by atoms with van der Waals surface area (Å²) in [4.78, 5) is 13.0. The number of nitrogens with zero attached hydrogens (tertiary/aromatic N) is 1. The molecule has 6 nitrogen and oxygen atoms in total. The third-order valence-electron chi connectivity index (χ3n) is 3.51. The number of hydrogen-bond donors (Lipinski definition) is 3. The maximum atomic E-state index is 10.9. The molecule has 1 aliphatic heterocycles. The minimum Gasteiger partial charge on any atom is -0.494 e. The molecule has 0 radical (unpaired) electrons. The first-order valence-corrected chi connectivity index (χ1v) is 7.16. The van der Waals surface area contributed by atoms with E-state index in [1.54, 1.807) is 24.3 Å². The number of ether oxygens (including phenoxy) is 1. The minimum atomic E-state index is -0.455. The van der Waals surface area contributed by atoms with E-state index in [9.17, 15) is 15.0 Å². The number of nitrogens with two attached hydrogens (primary N) is 1. The van der Waals surface area contributed by atoms with Gasteiger partial charge < -0.3 is 20.7 Å². The Morgan fingerprint density at radius 1 is 1.24 bits per heavy atom. The molecule has 1 aliphatic rings. The van der Waals surface area contributed by atoms with E-state index in [2.05, 4.69) is 0 Å². The molecular weight excluding hydrogens is 272 g/mol. The maximum absolute atomic E-state index is 10.9. The topological polar surface area (TPSA) is 96.0 Å². The molecule has 0 saturated carbocycles. The Labute approximate surface area is 124 Å². The monoisotopic (exact) mass is 294 g/mol. The number of likely N-dealkylation sites (tertiary alicyclic amines) is 1. The first kappa shape index (κ1) is 15.8. The molecule has 116 valence electrons. The van der Waals surface area contributed by atoms with Crippen molar-refractivity contribution in [3.63, 3.8) is 0 Å². The van der Waals surface area contributed by atoms with Gasteiger partial charge in [-0.15, -0.1) is 0 Å². The van der Waals surface area contributed by atoms with E-state index in [1.807, 2.05) is 4.90 Å². The second-order valence-corrected chi connectivity index (χ2v) is 5.39. The van der Waals surface area contributed by atoms with E-state index >= 15 is 0 Å². The second-order valence-electron chi connectivity index (χ2n) is 5.39. The highest BCUT2D eigenvalue weighted by Crippen LogP contribution is 2.13. The number of amides is 1. The lowest BCUT2D eigenvalue weighted by molar-refractivity contribution is -0.00921. The molecule has 0 unspecified atom stereocenters. The third-order valence-corrected chi connectivity index (χ3v) is 3.51. The van der Waals surface area contributed by atoms with Crippen molar-refractivity contribution in [1.29, 1.82) is 0 Å². The molecule has 0 aromatic heterocycles. The molecule has 1 saturated heterocycles. The van der Waals surface area contributed by atoms with E-state index in [0.29, 0.717) is 37.4 Å². The van der Waals surface area contributed by atoms with E-state index in [-0.39, 0.29) is 0 Å². The molecule has 1 heterocycles. The Bertz CT molecular complexity index is 453. The standard InChI is InChI=1S/C15H22N2O4/c16-15(20)11-2-4-14(5-3-11)21-7-1-6-17-9-12(18)8-13(19)10-17/h2-5,12-13,18-19H,1,6-10H2,(H2,16,20)/t12-,13-/m1/s1. The molecule has 1 aromatic carbocycles. The van der Waals surface area contributed by atoms with Gasteiger partial charge in [-0.1, -0.05) is 0 Å². The summed E-state index contributed by atoms with van der Waals surface area (Å²) in [7, 11) is 0. The molecule has 1 amide bonds. The van der Waals surface area contributed by atoms with E-state index in [1.165, 1.54) is 0 Å². The predicted molar refractivity (Wildman–Crippen MR) is 78.1 cm³/mol. The van der Waals surface area contributed by atoms with Crippen molar-refractivity contribution in [2.75, 3.05) is 26.2 Å². The fraction of sp³-hybridized carbons (Fsp3) is 0.533. The quantitative estimate of drug-likeness (QED) is 0.641. The van der Waals surface area contributed by atoms with Crippen LogP contribution in [0.3, 0.4) is 0 Å². The fourth-order valence-electron chi connectivity index (χ4n) is 2.51. The molecular formula is C15H22N2O4. The summed E-state index contributed by atoms with van der Waals surface area (Å²) in [6.07, 6.45) is 0.364.